The number of nitrogens with one attached hydrogen (secondary N) is 1. The Bertz CT molecular complexity index is 695. The van der Waals surface area contributed by atoms with Crippen molar-refractivity contribution in [3.05, 3.63) is 29.6 Å². The van der Waals surface area contributed by atoms with E-state index >= 15 is 0 Å². The lowest BCUT2D eigenvalue weighted by molar-refractivity contribution is -0.143. The van der Waals surface area contributed by atoms with Gasteiger partial charge in [0.2, 0.25) is 10.0 Å². The van der Waals surface area contributed by atoms with Crippen molar-refractivity contribution < 1.29 is 22.3 Å². The van der Waals surface area contributed by atoms with Crippen LogP contribution in [-0.2, 0) is 19.6 Å². The number of hydrogen-bond acceptors (Lipinski definition) is 5. The number of sulfonamides is 1. The summed E-state index contributed by atoms with van der Waals surface area (Å²) in [5.41, 5.74) is -0.388. The van der Waals surface area contributed by atoms with Crippen LogP contribution in [-0.4, -0.2) is 27.5 Å². The van der Waals surface area contributed by atoms with Gasteiger partial charge in [0.15, 0.2) is 0 Å². The van der Waals surface area contributed by atoms with Gasteiger partial charge in [-0.1, -0.05) is 13.8 Å². The molecule has 0 aliphatic heterocycles. The highest BCUT2D eigenvalue weighted by Crippen LogP contribution is 2.16. The van der Waals surface area contributed by atoms with Crippen molar-refractivity contribution in [1.29, 1.82) is 5.26 Å². The van der Waals surface area contributed by atoms with Crippen LogP contribution in [0.5, 0.6) is 0 Å². The molecule has 0 aliphatic carbocycles. The molecule has 0 saturated heterocycles. The molecule has 22 heavy (non-hydrogen) atoms. The molecule has 0 aromatic heterocycles. The number of ether oxygens (including phenoxy) is 1. The first-order valence-corrected chi connectivity index (χ1v) is 7.99. The summed E-state index contributed by atoms with van der Waals surface area (Å²) >= 11 is 0. The van der Waals surface area contributed by atoms with Crippen molar-refractivity contribution in [2.24, 2.45) is 5.92 Å². The fourth-order valence-corrected chi connectivity index (χ4v) is 3.04. The molecule has 1 aromatic carbocycles. The van der Waals surface area contributed by atoms with Gasteiger partial charge in [0.25, 0.3) is 0 Å². The zero-order chi connectivity index (χ0) is 16.9. The van der Waals surface area contributed by atoms with Gasteiger partial charge in [0, 0.05) is 0 Å². The van der Waals surface area contributed by atoms with Gasteiger partial charge in [-0.3, -0.25) is 4.79 Å². The van der Waals surface area contributed by atoms with E-state index in [4.69, 9.17) is 5.26 Å². The Labute approximate surface area is 128 Å². The molecule has 1 unspecified atom stereocenters. The first-order chi connectivity index (χ1) is 10.2. The molecule has 0 radical (unpaired) electrons. The van der Waals surface area contributed by atoms with E-state index in [2.05, 4.69) is 9.46 Å². The standard InChI is InChI=1S/C14H17FN2O4S/c1-9(2)6-13(14(18)21-3)17-22(19,20)11-4-5-12(15)10(7-11)8-16/h4-5,7,9,13,17H,6H2,1-3H3. The summed E-state index contributed by atoms with van der Waals surface area (Å²) < 4.78 is 44.6. The monoisotopic (exact) mass is 328 g/mol. The molecule has 0 amide bonds. The van der Waals surface area contributed by atoms with E-state index < -0.39 is 27.9 Å². The second-order valence-electron chi connectivity index (χ2n) is 5.08. The fraction of sp³-hybridized carbons (Fsp3) is 0.429. The Balaban J connectivity index is 3.12. The molecule has 6 nitrogen and oxygen atoms in total. The molecule has 0 fully saturated rings. The van der Waals surface area contributed by atoms with Gasteiger partial charge in [-0.25, -0.2) is 12.8 Å². The summed E-state index contributed by atoms with van der Waals surface area (Å²) in [6, 6.07) is 3.36. The van der Waals surface area contributed by atoms with Crippen LogP contribution in [0.4, 0.5) is 4.39 Å². The highest BCUT2D eigenvalue weighted by Gasteiger charge is 2.27. The SMILES string of the molecule is COC(=O)C(CC(C)C)NS(=O)(=O)c1ccc(F)c(C#N)c1. The summed E-state index contributed by atoms with van der Waals surface area (Å²) in [5.74, 6) is -1.47. The van der Waals surface area contributed by atoms with Crippen LogP contribution >= 0.6 is 0 Å². The van der Waals surface area contributed by atoms with Gasteiger partial charge in [0.05, 0.1) is 17.6 Å². The van der Waals surface area contributed by atoms with Crippen molar-refractivity contribution >= 4 is 16.0 Å². The van der Waals surface area contributed by atoms with E-state index in [1.165, 1.54) is 0 Å². The van der Waals surface area contributed by atoms with Crippen molar-refractivity contribution in [2.45, 2.75) is 31.2 Å². The average molecular weight is 328 g/mol. The number of nitrogens with zero attached hydrogens (tertiary/aromatic N) is 1. The van der Waals surface area contributed by atoms with Crippen LogP contribution in [0.1, 0.15) is 25.8 Å². The number of methoxy groups -OCH3 is 1. The lowest BCUT2D eigenvalue weighted by Gasteiger charge is -2.18. The van der Waals surface area contributed by atoms with Crippen molar-refractivity contribution in [1.82, 2.24) is 4.72 Å². The second kappa shape index (κ2) is 7.33. The van der Waals surface area contributed by atoms with E-state index in [1.807, 2.05) is 13.8 Å². The molecule has 0 spiro atoms. The van der Waals surface area contributed by atoms with E-state index in [0.29, 0.717) is 0 Å². The van der Waals surface area contributed by atoms with E-state index in [0.717, 1.165) is 25.3 Å². The van der Waals surface area contributed by atoms with Gasteiger partial charge in [-0.2, -0.15) is 9.98 Å². The maximum Gasteiger partial charge on any atom is 0.323 e. The summed E-state index contributed by atoms with van der Waals surface area (Å²) in [6.45, 7) is 3.66. The molecule has 8 heteroatoms. The largest absolute Gasteiger partial charge is 0.468 e. The summed E-state index contributed by atoms with van der Waals surface area (Å²) in [4.78, 5) is 11.4. The van der Waals surface area contributed by atoms with Crippen molar-refractivity contribution in [2.75, 3.05) is 7.11 Å². The number of rotatable bonds is 6. The number of esters is 1. The number of hydrogen-bond donors (Lipinski definition) is 1. The van der Waals surface area contributed by atoms with Crippen LogP contribution < -0.4 is 4.72 Å². The summed E-state index contributed by atoms with van der Waals surface area (Å²) in [5, 5.41) is 8.76. The molecule has 1 N–H and O–H groups in total. The Morgan fingerprint density at radius 2 is 2.09 bits per heavy atom. The van der Waals surface area contributed by atoms with Gasteiger partial charge in [0.1, 0.15) is 17.9 Å². The fourth-order valence-electron chi connectivity index (χ4n) is 1.82. The second-order valence-corrected chi connectivity index (χ2v) is 6.79. The molecule has 0 heterocycles. The minimum Gasteiger partial charge on any atom is -0.468 e. The third-order valence-corrected chi connectivity index (χ3v) is 4.33. The predicted octanol–water partition coefficient (Wildman–Crippen LogP) is 1.56. The molecule has 0 saturated carbocycles. The maximum atomic E-state index is 13.3. The Kier molecular flexibility index (Phi) is 6.02. The smallest absolute Gasteiger partial charge is 0.323 e. The van der Waals surface area contributed by atoms with E-state index in [9.17, 15) is 17.6 Å². The lowest BCUT2D eigenvalue weighted by Crippen LogP contribution is -2.42. The van der Waals surface area contributed by atoms with Crippen molar-refractivity contribution in [3.63, 3.8) is 0 Å². The predicted molar refractivity (Wildman–Crippen MR) is 76.7 cm³/mol. The molecular formula is C14H17FN2O4S. The normalized spacial score (nSPS) is 12.7. The Hall–Kier alpha value is -1.98. The number of halogens is 1. The van der Waals surface area contributed by atoms with Crippen molar-refractivity contribution in [3.8, 4) is 6.07 Å². The highest BCUT2D eigenvalue weighted by atomic mass is 32.2. The van der Waals surface area contributed by atoms with Crippen LogP contribution in [0, 0.1) is 23.1 Å². The molecule has 0 aliphatic rings. The van der Waals surface area contributed by atoms with Crippen LogP contribution in [0.25, 0.3) is 0 Å². The van der Waals surface area contributed by atoms with Crippen LogP contribution in [0.2, 0.25) is 0 Å². The van der Waals surface area contributed by atoms with Gasteiger partial charge in [-0.05, 0) is 30.5 Å². The molecule has 0 bridgehead atoms. The third kappa shape index (κ3) is 4.51. The minimum atomic E-state index is -4.08. The number of benzene rings is 1. The zero-order valence-electron chi connectivity index (χ0n) is 12.5. The summed E-state index contributed by atoms with van der Waals surface area (Å²) in [7, 11) is -2.92. The third-order valence-electron chi connectivity index (χ3n) is 2.86. The number of carbonyl (C=O) groups is 1. The van der Waals surface area contributed by atoms with E-state index in [-0.39, 0.29) is 22.8 Å². The first-order valence-electron chi connectivity index (χ1n) is 6.51. The van der Waals surface area contributed by atoms with Gasteiger partial charge in [-0.15, -0.1) is 0 Å². The average Bonchev–Trinajstić information content (AvgIpc) is 2.45. The topological polar surface area (TPSA) is 96.3 Å². The van der Waals surface area contributed by atoms with Crippen LogP contribution in [0.15, 0.2) is 23.1 Å². The Morgan fingerprint density at radius 3 is 2.59 bits per heavy atom. The lowest BCUT2D eigenvalue weighted by atomic mass is 10.1. The molecule has 1 aromatic rings. The quantitative estimate of drug-likeness (QED) is 0.800. The highest BCUT2D eigenvalue weighted by molar-refractivity contribution is 7.89. The first kappa shape index (κ1) is 18.1. The van der Waals surface area contributed by atoms with E-state index in [1.54, 1.807) is 6.07 Å². The van der Waals surface area contributed by atoms with Crippen LogP contribution in [0.3, 0.4) is 0 Å². The number of nitriles is 1. The molecule has 1 rings (SSSR count). The maximum absolute atomic E-state index is 13.3. The summed E-state index contributed by atoms with van der Waals surface area (Å²) in [6.07, 6.45) is 0.248. The van der Waals surface area contributed by atoms with Gasteiger partial charge >= 0.3 is 5.97 Å². The number of carbonyl (C=O) groups excluding carboxylic acids is 1. The zero-order valence-corrected chi connectivity index (χ0v) is 13.3. The minimum absolute atomic E-state index is 0.0506. The molecule has 1 atom stereocenters. The molecular weight excluding hydrogens is 311 g/mol. The molecule has 120 valence electrons. The van der Waals surface area contributed by atoms with Gasteiger partial charge < -0.3 is 4.74 Å². The Morgan fingerprint density at radius 1 is 1.45 bits per heavy atom.